The largest absolute Gasteiger partial charge is 0.321 e. The zero-order chi connectivity index (χ0) is 9.14. The standard InChI is InChI=1S/C8H8ClFN2/c1-2-7(11)5-3-6(9)8(10)12-4-5/h2-4,7H,1,11H2. The van der Waals surface area contributed by atoms with Gasteiger partial charge in [-0.25, -0.2) is 4.98 Å². The average molecular weight is 187 g/mol. The van der Waals surface area contributed by atoms with E-state index < -0.39 is 5.95 Å². The zero-order valence-corrected chi connectivity index (χ0v) is 7.05. The molecule has 0 saturated carbocycles. The molecule has 0 amide bonds. The van der Waals surface area contributed by atoms with Crippen LogP contribution in [0.4, 0.5) is 4.39 Å². The molecule has 0 aliphatic rings. The van der Waals surface area contributed by atoms with E-state index in [-0.39, 0.29) is 11.1 Å². The number of pyridine rings is 1. The molecule has 1 aromatic heterocycles. The molecule has 0 aliphatic heterocycles. The van der Waals surface area contributed by atoms with Gasteiger partial charge >= 0.3 is 0 Å². The Bertz CT molecular complexity index is 301. The Balaban J connectivity index is 3.04. The van der Waals surface area contributed by atoms with E-state index in [0.29, 0.717) is 5.56 Å². The minimum atomic E-state index is -0.684. The number of halogens is 2. The Labute approximate surface area is 74.9 Å². The topological polar surface area (TPSA) is 38.9 Å². The van der Waals surface area contributed by atoms with Crippen molar-refractivity contribution in [2.45, 2.75) is 6.04 Å². The highest BCUT2D eigenvalue weighted by molar-refractivity contribution is 6.30. The first-order valence-electron chi connectivity index (χ1n) is 3.34. The van der Waals surface area contributed by atoms with Gasteiger partial charge in [-0.1, -0.05) is 17.7 Å². The summed E-state index contributed by atoms with van der Waals surface area (Å²) in [5, 5.41) is -0.0233. The Hall–Kier alpha value is -0.930. The van der Waals surface area contributed by atoms with E-state index in [1.165, 1.54) is 18.3 Å². The van der Waals surface area contributed by atoms with Gasteiger partial charge in [0.2, 0.25) is 5.95 Å². The summed E-state index contributed by atoms with van der Waals surface area (Å²) in [4.78, 5) is 3.42. The normalized spacial score (nSPS) is 12.6. The SMILES string of the molecule is C=CC(N)c1cnc(F)c(Cl)c1. The molecule has 1 aromatic rings. The highest BCUT2D eigenvalue weighted by Gasteiger charge is 2.05. The highest BCUT2D eigenvalue weighted by atomic mass is 35.5. The molecule has 1 unspecified atom stereocenters. The quantitative estimate of drug-likeness (QED) is 0.567. The van der Waals surface area contributed by atoms with Crippen molar-refractivity contribution < 1.29 is 4.39 Å². The van der Waals surface area contributed by atoms with Crippen LogP contribution in [0, 0.1) is 5.95 Å². The summed E-state index contributed by atoms with van der Waals surface area (Å²) in [6.07, 6.45) is 2.87. The predicted molar refractivity (Wildman–Crippen MR) is 46.3 cm³/mol. The van der Waals surface area contributed by atoms with Gasteiger partial charge in [-0.05, 0) is 11.6 Å². The molecule has 1 heterocycles. The van der Waals surface area contributed by atoms with Gasteiger partial charge in [0, 0.05) is 12.2 Å². The van der Waals surface area contributed by atoms with E-state index in [1.807, 2.05) is 0 Å². The minimum Gasteiger partial charge on any atom is -0.321 e. The third-order valence-corrected chi connectivity index (χ3v) is 1.72. The van der Waals surface area contributed by atoms with Crippen LogP contribution in [-0.2, 0) is 0 Å². The van der Waals surface area contributed by atoms with Crippen molar-refractivity contribution in [1.29, 1.82) is 0 Å². The molecule has 0 saturated heterocycles. The molecule has 0 bridgehead atoms. The second kappa shape index (κ2) is 3.65. The van der Waals surface area contributed by atoms with Crippen molar-refractivity contribution in [2.24, 2.45) is 5.73 Å². The van der Waals surface area contributed by atoms with Gasteiger partial charge in [0.25, 0.3) is 0 Å². The van der Waals surface area contributed by atoms with Crippen molar-refractivity contribution in [1.82, 2.24) is 4.98 Å². The van der Waals surface area contributed by atoms with Crippen LogP contribution in [0.5, 0.6) is 0 Å². The summed E-state index contributed by atoms with van der Waals surface area (Å²) in [7, 11) is 0. The highest BCUT2D eigenvalue weighted by Crippen LogP contribution is 2.17. The first-order valence-corrected chi connectivity index (χ1v) is 3.72. The molecule has 1 rings (SSSR count). The summed E-state index contributed by atoms with van der Waals surface area (Å²) in [5.41, 5.74) is 6.22. The van der Waals surface area contributed by atoms with Gasteiger partial charge in [0.1, 0.15) is 0 Å². The van der Waals surface area contributed by atoms with Crippen LogP contribution < -0.4 is 5.73 Å². The van der Waals surface area contributed by atoms with E-state index in [1.54, 1.807) is 0 Å². The maximum absolute atomic E-state index is 12.6. The van der Waals surface area contributed by atoms with Crippen molar-refractivity contribution in [2.75, 3.05) is 0 Å². The van der Waals surface area contributed by atoms with E-state index >= 15 is 0 Å². The lowest BCUT2D eigenvalue weighted by Gasteiger charge is -2.05. The lowest BCUT2D eigenvalue weighted by atomic mass is 10.1. The molecule has 4 heteroatoms. The van der Waals surface area contributed by atoms with E-state index in [4.69, 9.17) is 17.3 Å². The average Bonchev–Trinajstić information content (AvgIpc) is 2.08. The van der Waals surface area contributed by atoms with Crippen LogP contribution in [0.3, 0.4) is 0 Å². The summed E-state index contributed by atoms with van der Waals surface area (Å²) < 4.78 is 12.6. The van der Waals surface area contributed by atoms with Gasteiger partial charge in [-0.15, -0.1) is 6.58 Å². The summed E-state index contributed by atoms with van der Waals surface area (Å²) in [6, 6.07) is 1.09. The minimum absolute atomic E-state index is 0.0233. The fourth-order valence-corrected chi connectivity index (χ4v) is 0.929. The summed E-state index contributed by atoms with van der Waals surface area (Å²) in [5.74, 6) is -0.684. The second-order valence-corrected chi connectivity index (χ2v) is 2.71. The lowest BCUT2D eigenvalue weighted by Crippen LogP contribution is -2.07. The van der Waals surface area contributed by atoms with E-state index in [9.17, 15) is 4.39 Å². The molecule has 1 atom stereocenters. The number of hydrogen-bond donors (Lipinski definition) is 1. The molecule has 0 fully saturated rings. The lowest BCUT2D eigenvalue weighted by molar-refractivity contribution is 0.582. The maximum atomic E-state index is 12.6. The molecule has 0 aromatic carbocycles. The summed E-state index contributed by atoms with van der Waals surface area (Å²) >= 11 is 5.49. The van der Waals surface area contributed by atoms with Crippen LogP contribution >= 0.6 is 11.6 Å². The molecule has 0 spiro atoms. The molecular weight excluding hydrogens is 179 g/mol. The molecule has 0 aliphatic carbocycles. The monoisotopic (exact) mass is 186 g/mol. The molecule has 12 heavy (non-hydrogen) atoms. The van der Waals surface area contributed by atoms with Crippen molar-refractivity contribution >= 4 is 11.6 Å². The van der Waals surface area contributed by atoms with Crippen LogP contribution in [0.2, 0.25) is 5.02 Å². The van der Waals surface area contributed by atoms with Crippen LogP contribution in [-0.4, -0.2) is 4.98 Å². The smallest absolute Gasteiger partial charge is 0.231 e. The van der Waals surface area contributed by atoms with Gasteiger partial charge in [0.05, 0.1) is 5.02 Å². The molecule has 64 valence electrons. The number of hydrogen-bond acceptors (Lipinski definition) is 2. The van der Waals surface area contributed by atoms with E-state index in [0.717, 1.165) is 0 Å². The van der Waals surface area contributed by atoms with Gasteiger partial charge in [-0.2, -0.15) is 4.39 Å². The molecule has 0 radical (unpaired) electrons. The van der Waals surface area contributed by atoms with Gasteiger partial charge in [-0.3, -0.25) is 0 Å². The first kappa shape index (κ1) is 9.16. The first-order chi connectivity index (χ1) is 5.65. The van der Waals surface area contributed by atoms with E-state index in [2.05, 4.69) is 11.6 Å². The van der Waals surface area contributed by atoms with Gasteiger partial charge < -0.3 is 5.73 Å². The van der Waals surface area contributed by atoms with Crippen molar-refractivity contribution in [3.05, 3.63) is 41.5 Å². The third kappa shape index (κ3) is 1.81. The zero-order valence-electron chi connectivity index (χ0n) is 6.30. The van der Waals surface area contributed by atoms with Crippen LogP contribution in [0.1, 0.15) is 11.6 Å². The van der Waals surface area contributed by atoms with Crippen LogP contribution in [0.25, 0.3) is 0 Å². The molecular formula is C8H8ClFN2. The Morgan fingerprint density at radius 1 is 1.75 bits per heavy atom. The van der Waals surface area contributed by atoms with Crippen LogP contribution in [0.15, 0.2) is 24.9 Å². The van der Waals surface area contributed by atoms with Gasteiger partial charge in [0.15, 0.2) is 0 Å². The maximum Gasteiger partial charge on any atom is 0.231 e. The predicted octanol–water partition coefficient (Wildman–Crippen LogP) is 2.06. The summed E-state index contributed by atoms with van der Waals surface area (Å²) in [6.45, 7) is 3.50. The molecule has 2 nitrogen and oxygen atoms in total. The number of nitrogens with two attached hydrogens (primary N) is 1. The Morgan fingerprint density at radius 2 is 2.42 bits per heavy atom. The molecule has 2 N–H and O–H groups in total. The number of rotatable bonds is 2. The second-order valence-electron chi connectivity index (χ2n) is 2.30. The van der Waals surface area contributed by atoms with Crippen molar-refractivity contribution in [3.63, 3.8) is 0 Å². The Kier molecular flexibility index (Phi) is 2.78. The Morgan fingerprint density at radius 3 is 2.92 bits per heavy atom. The number of aromatic nitrogens is 1. The third-order valence-electron chi connectivity index (χ3n) is 1.46. The fraction of sp³-hybridized carbons (Fsp3) is 0.125. The van der Waals surface area contributed by atoms with Crippen molar-refractivity contribution in [3.8, 4) is 0 Å². The number of nitrogens with zero attached hydrogens (tertiary/aromatic N) is 1. The fourth-order valence-electron chi connectivity index (χ4n) is 0.754.